The van der Waals surface area contributed by atoms with Gasteiger partial charge in [-0.1, -0.05) is 35.8 Å². The van der Waals surface area contributed by atoms with Gasteiger partial charge in [0, 0.05) is 48.7 Å². The SMILES string of the molecule is CN=C(NCc1ccc(Br)cc1F)NC1CCN(C(=O)C(C)C)C1.I. The van der Waals surface area contributed by atoms with E-state index in [1.54, 1.807) is 13.1 Å². The van der Waals surface area contributed by atoms with E-state index >= 15 is 0 Å². The molecule has 0 aliphatic carbocycles. The summed E-state index contributed by atoms with van der Waals surface area (Å²) in [5.74, 6) is 0.545. The second-order valence-electron chi connectivity index (χ2n) is 6.23. The molecule has 1 saturated heterocycles. The Kier molecular flexibility index (Phi) is 9.12. The van der Waals surface area contributed by atoms with E-state index in [9.17, 15) is 9.18 Å². The smallest absolute Gasteiger partial charge is 0.225 e. The van der Waals surface area contributed by atoms with Crippen molar-refractivity contribution in [3.8, 4) is 0 Å². The summed E-state index contributed by atoms with van der Waals surface area (Å²) in [6.07, 6.45) is 0.881. The van der Waals surface area contributed by atoms with Crippen molar-refractivity contribution in [2.45, 2.75) is 32.9 Å². The molecule has 1 amide bonds. The third kappa shape index (κ3) is 6.40. The Morgan fingerprint density at radius 2 is 2.20 bits per heavy atom. The van der Waals surface area contributed by atoms with Crippen molar-refractivity contribution < 1.29 is 9.18 Å². The van der Waals surface area contributed by atoms with E-state index in [0.29, 0.717) is 29.1 Å². The average molecular weight is 527 g/mol. The first kappa shape index (κ1) is 22.1. The lowest BCUT2D eigenvalue weighted by atomic mass is 10.2. The molecule has 1 aliphatic heterocycles. The minimum absolute atomic E-state index is 0. The van der Waals surface area contributed by atoms with Crippen LogP contribution in [0, 0.1) is 11.7 Å². The second-order valence-corrected chi connectivity index (χ2v) is 7.15. The van der Waals surface area contributed by atoms with E-state index in [-0.39, 0.29) is 47.7 Å². The summed E-state index contributed by atoms with van der Waals surface area (Å²) >= 11 is 3.25. The molecule has 1 aliphatic rings. The third-order valence-corrected chi connectivity index (χ3v) is 4.51. The van der Waals surface area contributed by atoms with Gasteiger partial charge in [-0.2, -0.15) is 0 Å². The molecule has 140 valence electrons. The maximum atomic E-state index is 13.9. The van der Waals surface area contributed by atoms with Crippen molar-refractivity contribution in [3.05, 3.63) is 34.1 Å². The average Bonchev–Trinajstić information content (AvgIpc) is 3.00. The molecule has 1 heterocycles. The molecule has 0 bridgehead atoms. The number of aliphatic imine (C=N–C) groups is 1. The van der Waals surface area contributed by atoms with Crippen LogP contribution < -0.4 is 10.6 Å². The molecule has 1 unspecified atom stereocenters. The first-order chi connectivity index (χ1) is 11.4. The van der Waals surface area contributed by atoms with Gasteiger partial charge < -0.3 is 15.5 Å². The van der Waals surface area contributed by atoms with E-state index in [1.807, 2.05) is 24.8 Å². The lowest BCUT2D eigenvalue weighted by Crippen LogP contribution is -2.45. The zero-order chi connectivity index (χ0) is 17.7. The fourth-order valence-corrected chi connectivity index (χ4v) is 3.01. The number of nitrogens with zero attached hydrogens (tertiary/aromatic N) is 2. The van der Waals surface area contributed by atoms with Crippen molar-refractivity contribution in [2.75, 3.05) is 20.1 Å². The molecule has 1 fully saturated rings. The van der Waals surface area contributed by atoms with Crippen LogP contribution in [0.3, 0.4) is 0 Å². The van der Waals surface area contributed by atoms with Crippen LogP contribution in [0.4, 0.5) is 4.39 Å². The van der Waals surface area contributed by atoms with Gasteiger partial charge in [0.05, 0.1) is 0 Å². The Bertz CT molecular complexity index is 627. The number of hydrogen-bond donors (Lipinski definition) is 2. The van der Waals surface area contributed by atoms with Crippen LogP contribution in [0.5, 0.6) is 0 Å². The van der Waals surface area contributed by atoms with Crippen LogP contribution in [0.2, 0.25) is 0 Å². The Morgan fingerprint density at radius 1 is 1.48 bits per heavy atom. The van der Waals surface area contributed by atoms with E-state index in [1.165, 1.54) is 6.07 Å². The fraction of sp³-hybridized carbons (Fsp3) is 0.529. The van der Waals surface area contributed by atoms with Gasteiger partial charge in [0.15, 0.2) is 5.96 Å². The van der Waals surface area contributed by atoms with Crippen LogP contribution in [0.15, 0.2) is 27.7 Å². The Morgan fingerprint density at radius 3 is 2.80 bits per heavy atom. The highest BCUT2D eigenvalue weighted by Crippen LogP contribution is 2.15. The number of carbonyl (C=O) groups excluding carboxylic acids is 1. The zero-order valence-corrected chi connectivity index (χ0v) is 18.6. The summed E-state index contributed by atoms with van der Waals surface area (Å²) in [6, 6.07) is 5.15. The minimum Gasteiger partial charge on any atom is -0.352 e. The number of amides is 1. The molecular weight excluding hydrogens is 502 g/mol. The molecule has 0 aromatic heterocycles. The molecule has 0 spiro atoms. The maximum absolute atomic E-state index is 13.9. The lowest BCUT2D eigenvalue weighted by Gasteiger charge is -2.20. The molecule has 1 atom stereocenters. The number of benzene rings is 1. The van der Waals surface area contributed by atoms with Crippen LogP contribution in [0.25, 0.3) is 0 Å². The zero-order valence-electron chi connectivity index (χ0n) is 14.7. The Balaban J connectivity index is 0.00000312. The molecule has 0 radical (unpaired) electrons. The van der Waals surface area contributed by atoms with Crippen LogP contribution in [0.1, 0.15) is 25.8 Å². The summed E-state index contributed by atoms with van der Waals surface area (Å²) < 4.78 is 14.6. The topological polar surface area (TPSA) is 56.7 Å². The van der Waals surface area contributed by atoms with Gasteiger partial charge in [0.2, 0.25) is 5.91 Å². The van der Waals surface area contributed by atoms with E-state index < -0.39 is 0 Å². The monoisotopic (exact) mass is 526 g/mol. The predicted octanol–water partition coefficient (Wildman–Crippen LogP) is 3.13. The summed E-state index contributed by atoms with van der Waals surface area (Å²) in [5.41, 5.74) is 0.573. The number of carbonyl (C=O) groups is 1. The molecule has 1 aromatic carbocycles. The lowest BCUT2D eigenvalue weighted by molar-refractivity contribution is -0.133. The number of guanidine groups is 1. The molecular formula is C17H25BrFIN4O. The van der Waals surface area contributed by atoms with Gasteiger partial charge in [-0.25, -0.2) is 4.39 Å². The molecule has 2 rings (SSSR count). The molecule has 25 heavy (non-hydrogen) atoms. The number of likely N-dealkylation sites (tertiary alicyclic amines) is 1. The van der Waals surface area contributed by atoms with Crippen molar-refractivity contribution >= 4 is 51.8 Å². The quantitative estimate of drug-likeness (QED) is 0.360. The van der Waals surface area contributed by atoms with E-state index in [2.05, 4.69) is 31.6 Å². The standard InChI is InChI=1S/C17H24BrFN4O.HI/c1-11(2)16(24)23-7-6-14(10-23)22-17(20-3)21-9-12-4-5-13(18)8-15(12)19;/h4-5,8,11,14H,6-7,9-10H2,1-3H3,(H2,20,21,22);1H. The first-order valence-corrected chi connectivity index (χ1v) is 8.90. The predicted molar refractivity (Wildman–Crippen MR) is 113 cm³/mol. The Labute approximate surface area is 174 Å². The highest BCUT2D eigenvalue weighted by atomic mass is 127. The van der Waals surface area contributed by atoms with Crippen LogP contribution >= 0.6 is 39.9 Å². The number of halogens is 3. The second kappa shape index (κ2) is 10.3. The number of rotatable bonds is 4. The van der Waals surface area contributed by atoms with Gasteiger partial charge in [0.1, 0.15) is 5.82 Å². The number of nitrogens with one attached hydrogen (secondary N) is 2. The molecule has 0 saturated carbocycles. The molecule has 2 N–H and O–H groups in total. The first-order valence-electron chi connectivity index (χ1n) is 8.10. The third-order valence-electron chi connectivity index (χ3n) is 4.02. The molecule has 1 aromatic rings. The van der Waals surface area contributed by atoms with Crippen LogP contribution in [-0.4, -0.2) is 42.9 Å². The van der Waals surface area contributed by atoms with Gasteiger partial charge in [-0.15, -0.1) is 24.0 Å². The highest BCUT2D eigenvalue weighted by molar-refractivity contribution is 14.0. The molecule has 5 nitrogen and oxygen atoms in total. The minimum atomic E-state index is -0.262. The normalized spacial score (nSPS) is 17.4. The summed E-state index contributed by atoms with van der Waals surface area (Å²) in [5, 5.41) is 6.42. The summed E-state index contributed by atoms with van der Waals surface area (Å²) in [4.78, 5) is 18.1. The number of hydrogen-bond acceptors (Lipinski definition) is 2. The summed E-state index contributed by atoms with van der Waals surface area (Å²) in [7, 11) is 1.68. The molecule has 8 heteroatoms. The van der Waals surface area contributed by atoms with Crippen molar-refractivity contribution in [3.63, 3.8) is 0 Å². The van der Waals surface area contributed by atoms with Gasteiger partial charge in [-0.3, -0.25) is 9.79 Å². The van der Waals surface area contributed by atoms with Crippen LogP contribution in [-0.2, 0) is 11.3 Å². The highest BCUT2D eigenvalue weighted by Gasteiger charge is 2.27. The van der Waals surface area contributed by atoms with Crippen molar-refractivity contribution in [1.82, 2.24) is 15.5 Å². The van der Waals surface area contributed by atoms with Gasteiger partial charge in [-0.05, 0) is 18.6 Å². The van der Waals surface area contributed by atoms with Gasteiger partial charge >= 0.3 is 0 Å². The van der Waals surface area contributed by atoms with E-state index in [0.717, 1.165) is 13.0 Å². The van der Waals surface area contributed by atoms with E-state index in [4.69, 9.17) is 0 Å². The maximum Gasteiger partial charge on any atom is 0.225 e. The fourth-order valence-electron chi connectivity index (χ4n) is 2.68. The Hall–Kier alpha value is -0.900. The van der Waals surface area contributed by atoms with Gasteiger partial charge in [0.25, 0.3) is 0 Å². The largest absolute Gasteiger partial charge is 0.352 e. The van der Waals surface area contributed by atoms with Crippen molar-refractivity contribution in [2.24, 2.45) is 10.9 Å². The van der Waals surface area contributed by atoms with Crippen molar-refractivity contribution in [1.29, 1.82) is 0 Å². The summed E-state index contributed by atoms with van der Waals surface area (Å²) in [6.45, 7) is 5.60.